The number of hydrogen-bond acceptors (Lipinski definition) is 3. The topological polar surface area (TPSA) is 50.4 Å². The van der Waals surface area contributed by atoms with Gasteiger partial charge in [0.25, 0.3) is 0 Å². The van der Waals surface area contributed by atoms with E-state index in [0.717, 1.165) is 12.1 Å². The van der Waals surface area contributed by atoms with Crippen molar-refractivity contribution in [2.75, 3.05) is 25.5 Å². The van der Waals surface area contributed by atoms with E-state index in [1.807, 2.05) is 0 Å². The van der Waals surface area contributed by atoms with E-state index < -0.39 is 17.8 Å². The molecule has 0 aliphatic rings. The Morgan fingerprint density at radius 1 is 1.39 bits per heavy atom. The number of benzene rings is 1. The SMILES string of the molecule is CNCCOC(=O)Nc1cccc(C(F)(F)F)c1. The summed E-state index contributed by atoms with van der Waals surface area (Å²) in [7, 11) is 1.69. The van der Waals surface area contributed by atoms with Gasteiger partial charge in [-0.15, -0.1) is 0 Å². The van der Waals surface area contributed by atoms with Gasteiger partial charge in [0.2, 0.25) is 0 Å². The van der Waals surface area contributed by atoms with Crippen molar-refractivity contribution in [3.8, 4) is 0 Å². The maximum Gasteiger partial charge on any atom is 0.416 e. The molecule has 0 aromatic heterocycles. The lowest BCUT2D eigenvalue weighted by Crippen LogP contribution is -2.20. The molecule has 4 nitrogen and oxygen atoms in total. The Morgan fingerprint density at radius 2 is 2.11 bits per heavy atom. The number of carbonyl (C=O) groups excluding carboxylic acids is 1. The van der Waals surface area contributed by atoms with Gasteiger partial charge in [-0.3, -0.25) is 5.32 Å². The number of ether oxygens (including phenoxy) is 1. The summed E-state index contributed by atoms with van der Waals surface area (Å²) >= 11 is 0. The van der Waals surface area contributed by atoms with Gasteiger partial charge in [0, 0.05) is 12.2 Å². The minimum Gasteiger partial charge on any atom is -0.448 e. The van der Waals surface area contributed by atoms with Crippen LogP contribution in [0.2, 0.25) is 0 Å². The Labute approximate surface area is 102 Å². The molecule has 18 heavy (non-hydrogen) atoms. The Bertz CT molecular complexity index is 408. The van der Waals surface area contributed by atoms with Gasteiger partial charge in [0.1, 0.15) is 6.61 Å². The molecule has 0 heterocycles. The maximum atomic E-state index is 12.4. The summed E-state index contributed by atoms with van der Waals surface area (Å²) < 4.78 is 41.9. The first-order valence-corrected chi connectivity index (χ1v) is 5.19. The largest absolute Gasteiger partial charge is 0.448 e. The summed E-state index contributed by atoms with van der Waals surface area (Å²) in [6, 6.07) is 4.34. The molecule has 100 valence electrons. The highest BCUT2D eigenvalue weighted by Gasteiger charge is 2.30. The highest BCUT2D eigenvalue weighted by Crippen LogP contribution is 2.30. The van der Waals surface area contributed by atoms with Crippen LogP contribution in [0.25, 0.3) is 0 Å². The molecule has 1 aromatic rings. The zero-order chi connectivity index (χ0) is 13.6. The fraction of sp³-hybridized carbons (Fsp3) is 0.364. The Kier molecular flexibility index (Phi) is 4.96. The average Bonchev–Trinajstić information content (AvgIpc) is 2.28. The number of halogens is 3. The predicted molar refractivity (Wildman–Crippen MR) is 60.3 cm³/mol. The molecular weight excluding hydrogens is 249 g/mol. The van der Waals surface area contributed by atoms with E-state index in [1.165, 1.54) is 12.1 Å². The number of alkyl halides is 3. The first-order valence-electron chi connectivity index (χ1n) is 5.19. The molecule has 0 unspecified atom stereocenters. The molecule has 0 spiro atoms. The van der Waals surface area contributed by atoms with Crippen molar-refractivity contribution < 1.29 is 22.7 Å². The smallest absolute Gasteiger partial charge is 0.416 e. The van der Waals surface area contributed by atoms with E-state index in [9.17, 15) is 18.0 Å². The minimum absolute atomic E-state index is 0.0410. The van der Waals surface area contributed by atoms with Gasteiger partial charge in [-0.25, -0.2) is 4.79 Å². The van der Waals surface area contributed by atoms with Gasteiger partial charge in [-0.2, -0.15) is 13.2 Å². The molecule has 7 heteroatoms. The van der Waals surface area contributed by atoms with Crippen molar-refractivity contribution in [2.45, 2.75) is 6.18 Å². The van der Waals surface area contributed by atoms with Crippen LogP contribution in [0, 0.1) is 0 Å². The normalized spacial score (nSPS) is 11.1. The number of carbonyl (C=O) groups is 1. The number of nitrogens with one attached hydrogen (secondary N) is 2. The van der Waals surface area contributed by atoms with Gasteiger partial charge in [0.05, 0.1) is 5.56 Å². The molecule has 1 rings (SSSR count). The first-order chi connectivity index (χ1) is 8.43. The Morgan fingerprint density at radius 3 is 2.72 bits per heavy atom. The van der Waals surface area contributed by atoms with E-state index in [-0.39, 0.29) is 12.3 Å². The molecule has 0 fully saturated rings. The van der Waals surface area contributed by atoms with Crippen molar-refractivity contribution >= 4 is 11.8 Å². The third-order valence-corrected chi connectivity index (χ3v) is 2.02. The number of hydrogen-bond donors (Lipinski definition) is 2. The molecule has 0 atom stereocenters. The van der Waals surface area contributed by atoms with E-state index in [0.29, 0.717) is 6.54 Å². The van der Waals surface area contributed by atoms with E-state index in [2.05, 4.69) is 10.6 Å². The zero-order valence-corrected chi connectivity index (χ0v) is 9.67. The van der Waals surface area contributed by atoms with Crippen LogP contribution in [-0.2, 0) is 10.9 Å². The fourth-order valence-corrected chi connectivity index (χ4v) is 1.17. The summed E-state index contributed by atoms with van der Waals surface area (Å²) in [4.78, 5) is 11.2. The second kappa shape index (κ2) is 6.25. The highest BCUT2D eigenvalue weighted by molar-refractivity contribution is 5.84. The molecule has 0 aliphatic carbocycles. The lowest BCUT2D eigenvalue weighted by Gasteiger charge is -2.10. The zero-order valence-electron chi connectivity index (χ0n) is 9.67. The van der Waals surface area contributed by atoms with Gasteiger partial charge in [-0.1, -0.05) is 6.07 Å². The number of rotatable bonds is 4. The molecule has 0 radical (unpaired) electrons. The van der Waals surface area contributed by atoms with Crippen LogP contribution >= 0.6 is 0 Å². The van der Waals surface area contributed by atoms with Crippen LogP contribution in [0.15, 0.2) is 24.3 Å². The summed E-state index contributed by atoms with van der Waals surface area (Å²) in [6.07, 6.45) is -5.22. The third kappa shape index (κ3) is 4.62. The number of likely N-dealkylation sites (N-methyl/N-ethyl adjacent to an activating group) is 1. The van der Waals surface area contributed by atoms with E-state index in [4.69, 9.17) is 4.74 Å². The van der Waals surface area contributed by atoms with Crippen LogP contribution in [0.5, 0.6) is 0 Å². The van der Waals surface area contributed by atoms with Crippen molar-refractivity contribution in [1.29, 1.82) is 0 Å². The van der Waals surface area contributed by atoms with Crippen molar-refractivity contribution in [1.82, 2.24) is 5.32 Å². The minimum atomic E-state index is -4.44. The Hall–Kier alpha value is -1.76. The molecule has 0 aliphatic heterocycles. The van der Waals surface area contributed by atoms with Gasteiger partial charge >= 0.3 is 12.3 Å². The molecule has 2 N–H and O–H groups in total. The van der Waals surface area contributed by atoms with E-state index in [1.54, 1.807) is 7.05 Å². The summed E-state index contributed by atoms with van der Waals surface area (Å²) in [5, 5.41) is 4.99. The molecule has 0 saturated carbocycles. The van der Waals surface area contributed by atoms with Crippen molar-refractivity contribution in [3.63, 3.8) is 0 Å². The van der Waals surface area contributed by atoms with Crippen LogP contribution in [0.4, 0.5) is 23.7 Å². The van der Waals surface area contributed by atoms with Crippen molar-refractivity contribution in [2.24, 2.45) is 0 Å². The molecule has 1 amide bonds. The maximum absolute atomic E-state index is 12.4. The Balaban J connectivity index is 2.60. The molecule has 0 saturated heterocycles. The molecule has 1 aromatic carbocycles. The first kappa shape index (κ1) is 14.3. The van der Waals surface area contributed by atoms with E-state index >= 15 is 0 Å². The monoisotopic (exact) mass is 262 g/mol. The third-order valence-electron chi connectivity index (χ3n) is 2.02. The summed E-state index contributed by atoms with van der Waals surface area (Å²) in [5.74, 6) is 0. The highest BCUT2D eigenvalue weighted by atomic mass is 19.4. The van der Waals surface area contributed by atoms with Crippen molar-refractivity contribution in [3.05, 3.63) is 29.8 Å². The second-order valence-electron chi connectivity index (χ2n) is 3.44. The standard InChI is InChI=1S/C11H13F3N2O2/c1-15-5-6-18-10(17)16-9-4-2-3-8(7-9)11(12,13)14/h2-4,7,15H,5-6H2,1H3,(H,16,17). The number of amides is 1. The number of anilines is 1. The lowest BCUT2D eigenvalue weighted by molar-refractivity contribution is -0.137. The quantitative estimate of drug-likeness (QED) is 0.819. The summed E-state index contributed by atoms with van der Waals surface area (Å²) in [6.45, 7) is 0.608. The van der Waals surface area contributed by atoms with Gasteiger partial charge in [-0.05, 0) is 25.2 Å². The van der Waals surface area contributed by atoms with Crippen LogP contribution in [0.1, 0.15) is 5.56 Å². The van der Waals surface area contributed by atoms with Gasteiger partial charge in [0.15, 0.2) is 0 Å². The predicted octanol–water partition coefficient (Wildman–Crippen LogP) is 2.47. The second-order valence-corrected chi connectivity index (χ2v) is 3.44. The van der Waals surface area contributed by atoms with Crippen LogP contribution in [-0.4, -0.2) is 26.3 Å². The van der Waals surface area contributed by atoms with Gasteiger partial charge < -0.3 is 10.1 Å². The molecular formula is C11H13F3N2O2. The lowest BCUT2D eigenvalue weighted by atomic mass is 10.2. The fourth-order valence-electron chi connectivity index (χ4n) is 1.17. The van der Waals surface area contributed by atoms with Crippen LogP contribution in [0.3, 0.4) is 0 Å². The molecule has 0 bridgehead atoms. The van der Waals surface area contributed by atoms with Crippen LogP contribution < -0.4 is 10.6 Å². The average molecular weight is 262 g/mol. The summed E-state index contributed by atoms with van der Waals surface area (Å²) in [5.41, 5.74) is -0.783.